The van der Waals surface area contributed by atoms with Crippen molar-refractivity contribution in [2.75, 3.05) is 57.3 Å². The average molecular weight is 688 g/mol. The summed E-state index contributed by atoms with van der Waals surface area (Å²) in [6.45, 7) is 9.15. The molecule has 2 aliphatic heterocycles. The Kier molecular flexibility index (Phi) is 10.7. The number of carbonyl (C=O) groups excluding carboxylic acids is 1. The third-order valence-electron chi connectivity index (χ3n) is 7.70. The molecule has 0 bridgehead atoms. The molecule has 11 heteroatoms. The fourth-order valence-corrected chi connectivity index (χ4v) is 7.80. The number of hydrogen-bond acceptors (Lipinski definition) is 11. The zero-order valence-corrected chi connectivity index (χ0v) is 29.5. The van der Waals surface area contributed by atoms with Crippen LogP contribution in [-0.2, 0) is 25.6 Å². The minimum absolute atomic E-state index is 0.197. The smallest absolute Gasteiger partial charge is 0.331 e. The highest BCUT2D eigenvalue weighted by atomic mass is 32.2. The van der Waals surface area contributed by atoms with Crippen molar-refractivity contribution in [1.29, 1.82) is 0 Å². The largest absolute Gasteiger partial charge is 0.497 e. The molecule has 3 aromatic carbocycles. The van der Waals surface area contributed by atoms with Gasteiger partial charge in [-0.05, 0) is 68.8 Å². The number of fused-ring (bicyclic) bond motifs is 2. The Balaban J connectivity index is 1.26. The number of nitrogens with one attached hydrogen (secondary N) is 1. The van der Waals surface area contributed by atoms with Gasteiger partial charge in [-0.2, -0.15) is 0 Å². The summed E-state index contributed by atoms with van der Waals surface area (Å²) in [6, 6.07) is 23.9. The van der Waals surface area contributed by atoms with Crippen LogP contribution in [0.5, 0.6) is 11.6 Å². The predicted octanol–water partition coefficient (Wildman–Crippen LogP) is 7.56. The van der Waals surface area contributed by atoms with Crippen LogP contribution in [0.2, 0.25) is 0 Å². The van der Waals surface area contributed by atoms with Crippen molar-refractivity contribution in [2.45, 2.75) is 58.6 Å². The maximum Gasteiger partial charge on any atom is 0.331 e. The first-order valence-corrected chi connectivity index (χ1v) is 17.5. The Labute approximate surface area is 290 Å². The molecule has 3 heterocycles. The first-order chi connectivity index (χ1) is 23.2. The highest BCUT2D eigenvalue weighted by Crippen LogP contribution is 2.52. The van der Waals surface area contributed by atoms with Gasteiger partial charge in [0.25, 0.3) is 0 Å². The van der Waals surface area contributed by atoms with Crippen molar-refractivity contribution >= 4 is 40.9 Å². The van der Waals surface area contributed by atoms with E-state index in [4.69, 9.17) is 28.7 Å². The fourth-order valence-electron chi connectivity index (χ4n) is 5.39. The molecule has 1 aromatic heterocycles. The lowest BCUT2D eigenvalue weighted by molar-refractivity contribution is -0.156. The zero-order valence-electron chi connectivity index (χ0n) is 27.9. The van der Waals surface area contributed by atoms with Crippen molar-refractivity contribution in [2.24, 2.45) is 0 Å². The number of anilines is 2. The monoisotopic (exact) mass is 687 g/mol. The molecule has 0 aliphatic carbocycles. The summed E-state index contributed by atoms with van der Waals surface area (Å²) in [5, 5.41) is 3.32. The second kappa shape index (κ2) is 15.1. The average Bonchev–Trinajstić information content (AvgIpc) is 3.09. The summed E-state index contributed by atoms with van der Waals surface area (Å²) >= 11 is 3.43. The molecule has 0 radical (unpaired) electrons. The molecule has 1 N–H and O–H groups in total. The molecule has 9 nitrogen and oxygen atoms in total. The van der Waals surface area contributed by atoms with Crippen LogP contribution < -0.4 is 19.7 Å². The maximum absolute atomic E-state index is 12.9. The van der Waals surface area contributed by atoms with E-state index in [2.05, 4.69) is 46.6 Å². The third kappa shape index (κ3) is 8.38. The number of morpholine rings is 1. The molecular formula is C37H41N3O6S2. The molecule has 4 aromatic rings. The van der Waals surface area contributed by atoms with Gasteiger partial charge in [-0.15, -0.1) is 0 Å². The van der Waals surface area contributed by atoms with Crippen molar-refractivity contribution < 1.29 is 28.5 Å². The standard InChI is InChI=1S/C37H41N3O6S2/c1-37(2,3)46-36(41)30(23-42-4)38-25-11-14-31-33(19-25)47-32-8-6-7-28(35(32)48-31)29-20-26(40-15-17-44-18-16-40)21-34(39-29)45-22-24-9-12-27(43-5)13-10-24/h6-14,19-21,30,38H,15-18,22-23H2,1-5H3. The predicted molar refractivity (Wildman–Crippen MR) is 190 cm³/mol. The Morgan fingerprint density at radius 2 is 1.75 bits per heavy atom. The lowest BCUT2D eigenvalue weighted by Gasteiger charge is -2.29. The van der Waals surface area contributed by atoms with Crippen LogP contribution in [0.15, 0.2) is 92.4 Å². The Morgan fingerprint density at radius 1 is 0.958 bits per heavy atom. The van der Waals surface area contributed by atoms with E-state index in [1.165, 1.54) is 0 Å². The minimum Gasteiger partial charge on any atom is -0.497 e. The number of benzene rings is 3. The lowest BCUT2D eigenvalue weighted by atomic mass is 10.1. The van der Waals surface area contributed by atoms with Crippen LogP contribution in [0.1, 0.15) is 26.3 Å². The molecule has 0 spiro atoms. The van der Waals surface area contributed by atoms with Crippen LogP contribution in [0, 0.1) is 0 Å². The number of pyridine rings is 1. The molecule has 1 atom stereocenters. The van der Waals surface area contributed by atoms with Crippen LogP contribution in [0.25, 0.3) is 11.3 Å². The van der Waals surface area contributed by atoms with Gasteiger partial charge in [0.2, 0.25) is 5.88 Å². The molecular weight excluding hydrogens is 647 g/mol. The summed E-state index contributed by atoms with van der Waals surface area (Å²) in [4.78, 5) is 24.7. The van der Waals surface area contributed by atoms with E-state index in [1.807, 2.05) is 57.2 Å². The van der Waals surface area contributed by atoms with Crippen molar-refractivity contribution in [3.8, 4) is 22.9 Å². The van der Waals surface area contributed by atoms with Gasteiger partial charge in [0.15, 0.2) is 0 Å². The van der Waals surface area contributed by atoms with Crippen molar-refractivity contribution in [3.63, 3.8) is 0 Å². The number of methoxy groups -OCH3 is 2. The van der Waals surface area contributed by atoms with Gasteiger partial charge in [0.1, 0.15) is 24.0 Å². The number of nitrogens with zero attached hydrogens (tertiary/aromatic N) is 2. The Hall–Kier alpha value is -3.90. The van der Waals surface area contributed by atoms with Gasteiger partial charge >= 0.3 is 5.97 Å². The van der Waals surface area contributed by atoms with Crippen molar-refractivity contribution in [1.82, 2.24) is 4.98 Å². The molecule has 1 fully saturated rings. The quantitative estimate of drug-likeness (QED) is 0.140. The van der Waals surface area contributed by atoms with E-state index in [-0.39, 0.29) is 12.6 Å². The SMILES string of the molecule is COCC(Nc1ccc2c(c1)Sc1cccc(-c3cc(N4CCOCC4)cc(OCc4ccc(OC)cc4)n3)c1S2)C(=O)OC(C)(C)C. The highest BCUT2D eigenvalue weighted by Gasteiger charge is 2.27. The highest BCUT2D eigenvalue weighted by molar-refractivity contribution is 8.05. The summed E-state index contributed by atoms with van der Waals surface area (Å²) in [5.74, 6) is 1.03. The first kappa shape index (κ1) is 34.0. The molecule has 48 heavy (non-hydrogen) atoms. The van der Waals surface area contributed by atoms with Gasteiger partial charge in [-0.1, -0.05) is 47.8 Å². The van der Waals surface area contributed by atoms with E-state index in [1.54, 1.807) is 37.7 Å². The van der Waals surface area contributed by atoms with Crippen LogP contribution >= 0.6 is 23.5 Å². The molecule has 2 aliphatic rings. The molecule has 6 rings (SSSR count). The van der Waals surface area contributed by atoms with Gasteiger partial charge in [-0.3, -0.25) is 0 Å². The third-order valence-corrected chi connectivity index (χ3v) is 10.3. The van der Waals surface area contributed by atoms with E-state index < -0.39 is 11.6 Å². The van der Waals surface area contributed by atoms with E-state index >= 15 is 0 Å². The molecule has 0 saturated carbocycles. The van der Waals surface area contributed by atoms with Gasteiger partial charge in [-0.25, -0.2) is 9.78 Å². The zero-order chi connectivity index (χ0) is 33.7. The van der Waals surface area contributed by atoms with Crippen LogP contribution in [0.3, 0.4) is 0 Å². The summed E-state index contributed by atoms with van der Waals surface area (Å²) in [5.41, 5.74) is 4.24. The van der Waals surface area contributed by atoms with E-state index in [9.17, 15) is 4.79 Å². The number of rotatable bonds is 11. The minimum atomic E-state index is -0.627. The number of hydrogen-bond donors (Lipinski definition) is 1. The normalized spacial score (nSPS) is 14.8. The van der Waals surface area contributed by atoms with Crippen molar-refractivity contribution in [3.05, 3.63) is 78.4 Å². The number of ether oxygens (including phenoxy) is 5. The summed E-state index contributed by atoms with van der Waals surface area (Å²) < 4.78 is 28.2. The van der Waals surface area contributed by atoms with Gasteiger partial charge in [0.05, 0.1) is 32.6 Å². The first-order valence-electron chi connectivity index (χ1n) is 15.9. The van der Waals surface area contributed by atoms with Gasteiger partial charge in [0, 0.05) is 62.8 Å². The molecule has 1 unspecified atom stereocenters. The van der Waals surface area contributed by atoms with Gasteiger partial charge < -0.3 is 33.9 Å². The molecule has 1 saturated heterocycles. The molecule has 252 valence electrons. The second-order valence-electron chi connectivity index (χ2n) is 12.5. The van der Waals surface area contributed by atoms with Crippen LogP contribution in [-0.4, -0.2) is 69.7 Å². The number of aromatic nitrogens is 1. The lowest BCUT2D eigenvalue weighted by Crippen LogP contribution is -2.39. The van der Waals surface area contributed by atoms with E-state index in [0.717, 1.165) is 66.6 Å². The summed E-state index contributed by atoms with van der Waals surface area (Å²) in [7, 11) is 3.24. The van der Waals surface area contributed by atoms with E-state index in [0.29, 0.717) is 25.7 Å². The second-order valence-corrected chi connectivity index (χ2v) is 14.6. The Bertz CT molecular complexity index is 1740. The Morgan fingerprint density at radius 3 is 2.48 bits per heavy atom. The number of esters is 1. The fraction of sp³-hybridized carbons (Fsp3) is 0.351. The summed E-state index contributed by atoms with van der Waals surface area (Å²) in [6.07, 6.45) is 0. The topological polar surface area (TPSA) is 91.4 Å². The maximum atomic E-state index is 12.9. The van der Waals surface area contributed by atoms with Crippen LogP contribution in [0.4, 0.5) is 11.4 Å². The number of carbonyl (C=O) groups is 1. The molecule has 0 amide bonds.